The Balaban J connectivity index is 1.91. The zero-order valence-electron chi connectivity index (χ0n) is 12.0. The molecule has 0 aromatic heterocycles. The maximum absolute atomic E-state index is 11.3. The van der Waals surface area contributed by atoms with Crippen molar-refractivity contribution in [2.45, 2.75) is 19.8 Å². The van der Waals surface area contributed by atoms with Crippen LogP contribution in [0.1, 0.15) is 27.9 Å². The number of nitrogens with one attached hydrogen (secondary N) is 1. The Morgan fingerprint density at radius 3 is 2.90 bits per heavy atom. The number of hydrogen-bond donors (Lipinski definition) is 2. The second-order valence-electron chi connectivity index (χ2n) is 5.26. The molecular weight excluding hydrogens is 264 g/mol. The fraction of sp³-hybridized carbons (Fsp3) is 0.235. The number of amides is 1. The quantitative estimate of drug-likeness (QED) is 0.908. The summed E-state index contributed by atoms with van der Waals surface area (Å²) in [7, 11) is 0. The van der Waals surface area contributed by atoms with Crippen LogP contribution in [0.25, 0.3) is 0 Å². The highest BCUT2D eigenvalue weighted by Crippen LogP contribution is 2.35. The molecule has 0 spiro atoms. The first-order valence-corrected chi connectivity index (χ1v) is 7.09. The summed E-state index contributed by atoms with van der Waals surface area (Å²) in [6, 6.07) is 11.4. The summed E-state index contributed by atoms with van der Waals surface area (Å²) >= 11 is 0. The van der Waals surface area contributed by atoms with Gasteiger partial charge in [-0.15, -0.1) is 0 Å². The molecular formula is C17H18N2O2. The molecule has 3 N–H and O–H groups in total. The van der Waals surface area contributed by atoms with Gasteiger partial charge in [0.1, 0.15) is 5.75 Å². The van der Waals surface area contributed by atoms with Crippen LogP contribution in [0.2, 0.25) is 0 Å². The van der Waals surface area contributed by atoms with Crippen molar-refractivity contribution in [1.82, 2.24) is 0 Å². The summed E-state index contributed by atoms with van der Waals surface area (Å²) in [4.78, 5) is 11.3. The average Bonchev–Trinajstić information content (AvgIpc) is 2.47. The highest BCUT2D eigenvalue weighted by molar-refractivity contribution is 5.94. The Morgan fingerprint density at radius 2 is 2.14 bits per heavy atom. The molecule has 4 heteroatoms. The molecule has 3 rings (SSSR count). The van der Waals surface area contributed by atoms with Gasteiger partial charge in [0.15, 0.2) is 5.75 Å². The van der Waals surface area contributed by atoms with Crippen molar-refractivity contribution in [3.05, 3.63) is 53.1 Å². The van der Waals surface area contributed by atoms with Crippen molar-refractivity contribution >= 4 is 11.6 Å². The fourth-order valence-corrected chi connectivity index (χ4v) is 2.67. The average molecular weight is 282 g/mol. The molecule has 2 aromatic carbocycles. The van der Waals surface area contributed by atoms with Crippen molar-refractivity contribution < 1.29 is 9.53 Å². The zero-order chi connectivity index (χ0) is 14.8. The predicted molar refractivity (Wildman–Crippen MR) is 83.0 cm³/mol. The molecule has 108 valence electrons. The van der Waals surface area contributed by atoms with Crippen LogP contribution in [-0.2, 0) is 6.42 Å². The van der Waals surface area contributed by atoms with Crippen LogP contribution in [-0.4, -0.2) is 12.5 Å². The largest absolute Gasteiger partial charge is 0.455 e. The van der Waals surface area contributed by atoms with Gasteiger partial charge in [-0.2, -0.15) is 0 Å². The maximum atomic E-state index is 11.3. The summed E-state index contributed by atoms with van der Waals surface area (Å²) in [6.07, 6.45) is 2.21. The molecule has 0 aliphatic carbocycles. The number of fused-ring (bicyclic) bond motifs is 1. The van der Waals surface area contributed by atoms with Crippen molar-refractivity contribution in [1.29, 1.82) is 0 Å². The second-order valence-corrected chi connectivity index (χ2v) is 5.26. The van der Waals surface area contributed by atoms with E-state index in [9.17, 15) is 4.79 Å². The molecule has 1 heterocycles. The van der Waals surface area contributed by atoms with Crippen molar-refractivity contribution in [3.63, 3.8) is 0 Å². The summed E-state index contributed by atoms with van der Waals surface area (Å²) in [5.41, 5.74) is 9.01. The van der Waals surface area contributed by atoms with Gasteiger partial charge in [-0.25, -0.2) is 0 Å². The molecule has 0 bridgehead atoms. The fourth-order valence-electron chi connectivity index (χ4n) is 2.67. The topological polar surface area (TPSA) is 64.3 Å². The summed E-state index contributed by atoms with van der Waals surface area (Å²) in [5, 5.41) is 3.40. The van der Waals surface area contributed by atoms with Crippen LogP contribution in [0.3, 0.4) is 0 Å². The number of ether oxygens (including phenoxy) is 1. The lowest BCUT2D eigenvalue weighted by atomic mass is 10.0. The van der Waals surface area contributed by atoms with E-state index in [4.69, 9.17) is 10.5 Å². The van der Waals surface area contributed by atoms with Gasteiger partial charge in [-0.1, -0.05) is 12.1 Å². The second kappa shape index (κ2) is 5.48. The minimum absolute atomic E-state index is 0.419. The molecule has 21 heavy (non-hydrogen) atoms. The van der Waals surface area contributed by atoms with Crippen molar-refractivity contribution in [2.24, 2.45) is 5.73 Å². The van der Waals surface area contributed by atoms with E-state index in [-0.39, 0.29) is 0 Å². The monoisotopic (exact) mass is 282 g/mol. The van der Waals surface area contributed by atoms with Gasteiger partial charge in [-0.3, -0.25) is 4.79 Å². The van der Waals surface area contributed by atoms with Gasteiger partial charge in [0.2, 0.25) is 5.91 Å². The van der Waals surface area contributed by atoms with E-state index in [1.165, 1.54) is 5.56 Å². The van der Waals surface area contributed by atoms with E-state index in [1.54, 1.807) is 12.1 Å². The van der Waals surface area contributed by atoms with Gasteiger partial charge < -0.3 is 15.8 Å². The molecule has 1 amide bonds. The van der Waals surface area contributed by atoms with E-state index >= 15 is 0 Å². The molecule has 2 aromatic rings. The lowest BCUT2D eigenvalue weighted by Crippen LogP contribution is -2.13. The van der Waals surface area contributed by atoms with Crippen molar-refractivity contribution in [2.75, 3.05) is 11.9 Å². The number of carbonyl (C=O) groups is 1. The lowest BCUT2D eigenvalue weighted by Gasteiger charge is -2.21. The standard InChI is InChI=1S/C17H18N2O2/c1-11-10-13(7-8-14(11)17(18)20)21-15-6-2-4-12-5-3-9-19-16(12)15/h2,4,6-8,10,19H,3,5,9H2,1H3,(H2,18,20). The first-order chi connectivity index (χ1) is 10.1. The molecule has 0 unspecified atom stereocenters. The number of primary amides is 1. The van der Waals surface area contributed by atoms with Gasteiger partial charge in [0, 0.05) is 12.1 Å². The number of nitrogens with two attached hydrogens (primary N) is 1. The van der Waals surface area contributed by atoms with Gasteiger partial charge in [0.25, 0.3) is 0 Å². The molecule has 1 aliphatic heterocycles. The first kappa shape index (κ1) is 13.5. The number of hydrogen-bond acceptors (Lipinski definition) is 3. The molecule has 0 atom stereocenters. The van der Waals surface area contributed by atoms with Gasteiger partial charge in [-0.05, 0) is 55.2 Å². The van der Waals surface area contributed by atoms with Crippen LogP contribution < -0.4 is 15.8 Å². The highest BCUT2D eigenvalue weighted by Gasteiger charge is 2.14. The van der Waals surface area contributed by atoms with Crippen LogP contribution >= 0.6 is 0 Å². The molecule has 0 fully saturated rings. The lowest BCUT2D eigenvalue weighted by molar-refractivity contribution is 0.0999. The van der Waals surface area contributed by atoms with Crippen LogP contribution in [0.15, 0.2) is 36.4 Å². The van der Waals surface area contributed by atoms with Crippen LogP contribution in [0.5, 0.6) is 11.5 Å². The number of anilines is 1. The third-order valence-corrected chi connectivity index (χ3v) is 3.73. The Kier molecular flexibility index (Phi) is 3.52. The van der Waals surface area contributed by atoms with E-state index in [0.717, 1.165) is 36.4 Å². The van der Waals surface area contributed by atoms with Gasteiger partial charge in [0.05, 0.1) is 5.69 Å². The molecule has 4 nitrogen and oxygen atoms in total. The molecule has 1 aliphatic rings. The minimum Gasteiger partial charge on any atom is -0.455 e. The van der Waals surface area contributed by atoms with Crippen molar-refractivity contribution in [3.8, 4) is 11.5 Å². The number of rotatable bonds is 3. The summed E-state index contributed by atoms with van der Waals surface area (Å²) in [6.45, 7) is 2.82. The van der Waals surface area contributed by atoms with E-state index in [0.29, 0.717) is 11.3 Å². The van der Waals surface area contributed by atoms with E-state index in [2.05, 4.69) is 11.4 Å². The Bertz CT molecular complexity index is 695. The molecule has 0 saturated heterocycles. The van der Waals surface area contributed by atoms with Gasteiger partial charge >= 0.3 is 0 Å². The Labute approximate surface area is 123 Å². The Morgan fingerprint density at radius 1 is 1.29 bits per heavy atom. The predicted octanol–water partition coefficient (Wildman–Crippen LogP) is 3.24. The Hall–Kier alpha value is -2.49. The number of benzene rings is 2. The minimum atomic E-state index is -0.419. The normalized spacial score (nSPS) is 13.2. The summed E-state index contributed by atoms with van der Waals surface area (Å²) < 4.78 is 5.98. The maximum Gasteiger partial charge on any atom is 0.248 e. The van der Waals surface area contributed by atoms with E-state index in [1.807, 2.05) is 25.1 Å². The number of aryl methyl sites for hydroxylation is 2. The number of carbonyl (C=O) groups excluding carboxylic acids is 1. The third-order valence-electron chi connectivity index (χ3n) is 3.73. The third kappa shape index (κ3) is 2.70. The van der Waals surface area contributed by atoms with E-state index < -0.39 is 5.91 Å². The molecule has 0 radical (unpaired) electrons. The first-order valence-electron chi connectivity index (χ1n) is 7.09. The SMILES string of the molecule is Cc1cc(Oc2cccc3c2NCCC3)ccc1C(N)=O. The van der Waals surface area contributed by atoms with Crippen LogP contribution in [0, 0.1) is 6.92 Å². The highest BCUT2D eigenvalue weighted by atomic mass is 16.5. The molecule has 0 saturated carbocycles. The zero-order valence-corrected chi connectivity index (χ0v) is 12.0. The van der Waals surface area contributed by atoms with Crippen LogP contribution in [0.4, 0.5) is 5.69 Å². The smallest absolute Gasteiger partial charge is 0.248 e. The number of para-hydroxylation sites is 1. The summed E-state index contributed by atoms with van der Waals surface area (Å²) in [5.74, 6) is 1.11.